The van der Waals surface area contributed by atoms with Gasteiger partial charge in [0.05, 0.1) is 9.49 Å². The minimum Gasteiger partial charge on any atom is -0.285 e. The summed E-state index contributed by atoms with van der Waals surface area (Å²) in [5.41, 5.74) is 0. The van der Waals surface area contributed by atoms with Gasteiger partial charge in [-0.2, -0.15) is 16.8 Å². The fraction of sp³-hybridized carbons (Fsp3) is 1.00. The molecule has 0 aliphatic heterocycles. The summed E-state index contributed by atoms with van der Waals surface area (Å²) in [5.74, 6) is -0.263. The minimum atomic E-state index is -4.17. The van der Waals surface area contributed by atoms with Gasteiger partial charge in [-0.25, -0.2) is 0 Å². The quantitative estimate of drug-likeness (QED) is 0.694. The van der Waals surface area contributed by atoms with Crippen LogP contribution in [0.2, 0.25) is 0 Å². The summed E-state index contributed by atoms with van der Waals surface area (Å²) in [7, 11) is -8.34. The molecule has 0 aromatic rings. The van der Waals surface area contributed by atoms with Crippen LogP contribution in [0.5, 0.6) is 0 Å². The van der Waals surface area contributed by atoms with E-state index in [1.165, 1.54) is 27.7 Å². The Balaban J connectivity index is 4.96. The standard InChI is InChI=1S/C12H26O6S2/c1-9(7-11(3,4)19(13,14)15)10(2)8-12(5,6)20(16,17)18/h9-10H,7-8H2,1-6H3,(H,13,14,15)(H,16,17,18). The van der Waals surface area contributed by atoms with Gasteiger partial charge in [0, 0.05) is 0 Å². The second-order valence-corrected chi connectivity index (χ2v) is 10.9. The van der Waals surface area contributed by atoms with Gasteiger partial charge in [0.2, 0.25) is 0 Å². The molecule has 0 spiro atoms. The van der Waals surface area contributed by atoms with Crippen LogP contribution in [0.15, 0.2) is 0 Å². The van der Waals surface area contributed by atoms with Crippen LogP contribution in [0.4, 0.5) is 0 Å². The molecule has 0 fully saturated rings. The lowest BCUT2D eigenvalue weighted by atomic mass is 9.83. The lowest BCUT2D eigenvalue weighted by Crippen LogP contribution is -2.38. The predicted molar refractivity (Wildman–Crippen MR) is 78.8 cm³/mol. The molecule has 20 heavy (non-hydrogen) atoms. The molecule has 0 saturated carbocycles. The lowest BCUT2D eigenvalue weighted by molar-refractivity contribution is 0.280. The van der Waals surface area contributed by atoms with Crippen molar-refractivity contribution in [1.82, 2.24) is 0 Å². The second kappa shape index (κ2) is 5.90. The summed E-state index contributed by atoms with van der Waals surface area (Å²) in [5, 5.41) is 0. The van der Waals surface area contributed by atoms with Gasteiger partial charge in [-0.15, -0.1) is 0 Å². The summed E-state index contributed by atoms with van der Waals surface area (Å²) in [4.78, 5) is 0. The first-order valence-corrected chi connectivity index (χ1v) is 9.33. The molecular formula is C12H26O6S2. The zero-order chi connectivity index (χ0) is 16.6. The maximum Gasteiger partial charge on any atom is 0.270 e. The van der Waals surface area contributed by atoms with E-state index in [2.05, 4.69) is 0 Å². The maximum absolute atomic E-state index is 11.3. The number of rotatable bonds is 7. The van der Waals surface area contributed by atoms with Crippen LogP contribution in [0, 0.1) is 11.8 Å². The highest BCUT2D eigenvalue weighted by Gasteiger charge is 2.39. The van der Waals surface area contributed by atoms with Crippen molar-refractivity contribution in [3.8, 4) is 0 Å². The van der Waals surface area contributed by atoms with Crippen LogP contribution in [-0.4, -0.2) is 35.4 Å². The SMILES string of the molecule is CC(CC(C)(C)S(=O)(=O)O)C(C)CC(C)(C)S(=O)(=O)O. The molecule has 2 N–H and O–H groups in total. The molecular weight excluding hydrogens is 304 g/mol. The Kier molecular flexibility index (Phi) is 5.85. The third-order valence-corrected chi connectivity index (χ3v) is 7.12. The van der Waals surface area contributed by atoms with Crippen LogP contribution in [-0.2, 0) is 20.2 Å². The molecule has 0 saturated heterocycles. The molecule has 0 aromatic heterocycles. The van der Waals surface area contributed by atoms with Crippen LogP contribution >= 0.6 is 0 Å². The van der Waals surface area contributed by atoms with E-state index in [1.54, 1.807) is 13.8 Å². The Labute approximate surface area is 122 Å². The van der Waals surface area contributed by atoms with Crippen molar-refractivity contribution in [3.63, 3.8) is 0 Å². The van der Waals surface area contributed by atoms with E-state index in [-0.39, 0.29) is 24.7 Å². The van der Waals surface area contributed by atoms with Crippen molar-refractivity contribution in [1.29, 1.82) is 0 Å². The molecule has 0 aliphatic rings. The average Bonchev–Trinajstić information content (AvgIpc) is 2.12. The van der Waals surface area contributed by atoms with Crippen molar-refractivity contribution < 1.29 is 25.9 Å². The smallest absolute Gasteiger partial charge is 0.270 e. The Morgan fingerprint density at radius 1 is 0.750 bits per heavy atom. The fourth-order valence-electron chi connectivity index (χ4n) is 2.16. The summed E-state index contributed by atoms with van der Waals surface area (Å²) in [6.45, 7) is 9.33. The van der Waals surface area contributed by atoms with Crippen LogP contribution in [0.3, 0.4) is 0 Å². The van der Waals surface area contributed by atoms with Crippen molar-refractivity contribution in [2.75, 3.05) is 0 Å². The van der Waals surface area contributed by atoms with Gasteiger partial charge in [-0.05, 0) is 52.4 Å². The van der Waals surface area contributed by atoms with Gasteiger partial charge in [0.1, 0.15) is 0 Å². The molecule has 0 heterocycles. The molecule has 0 bridgehead atoms. The molecule has 0 aromatic carbocycles. The van der Waals surface area contributed by atoms with Crippen molar-refractivity contribution >= 4 is 20.2 Å². The van der Waals surface area contributed by atoms with E-state index in [0.29, 0.717) is 0 Å². The maximum atomic E-state index is 11.3. The minimum absolute atomic E-state index is 0.132. The fourth-order valence-corrected chi connectivity index (χ4v) is 3.11. The Hall–Kier alpha value is -0.180. The first-order chi connectivity index (χ1) is 8.51. The highest BCUT2D eigenvalue weighted by atomic mass is 32.2. The van der Waals surface area contributed by atoms with Crippen LogP contribution in [0.1, 0.15) is 54.4 Å². The lowest BCUT2D eigenvalue weighted by Gasteiger charge is -2.32. The predicted octanol–water partition coefficient (Wildman–Crippen LogP) is 2.37. The molecule has 0 aliphatic carbocycles. The zero-order valence-electron chi connectivity index (χ0n) is 12.9. The van der Waals surface area contributed by atoms with Crippen molar-refractivity contribution in [3.05, 3.63) is 0 Å². The number of hydrogen-bond donors (Lipinski definition) is 2. The van der Waals surface area contributed by atoms with Gasteiger partial charge in [0.15, 0.2) is 0 Å². The van der Waals surface area contributed by atoms with Crippen molar-refractivity contribution in [2.45, 2.75) is 63.9 Å². The van der Waals surface area contributed by atoms with E-state index >= 15 is 0 Å². The molecule has 122 valence electrons. The van der Waals surface area contributed by atoms with E-state index in [9.17, 15) is 25.9 Å². The molecule has 2 unspecified atom stereocenters. The summed E-state index contributed by atoms with van der Waals surface area (Å²) >= 11 is 0. The molecule has 0 radical (unpaired) electrons. The van der Waals surface area contributed by atoms with Gasteiger partial charge in [0.25, 0.3) is 20.2 Å². The topological polar surface area (TPSA) is 109 Å². The first kappa shape index (κ1) is 19.8. The largest absolute Gasteiger partial charge is 0.285 e. The Morgan fingerprint density at radius 2 is 0.950 bits per heavy atom. The molecule has 0 amide bonds. The Bertz CT molecular complexity index is 480. The van der Waals surface area contributed by atoms with E-state index < -0.39 is 29.7 Å². The summed E-state index contributed by atoms with van der Waals surface area (Å²) in [6.07, 6.45) is 0.406. The summed E-state index contributed by atoms with van der Waals surface area (Å²) in [6, 6.07) is 0. The summed E-state index contributed by atoms with van der Waals surface area (Å²) < 4.78 is 60.9. The number of hydrogen-bond acceptors (Lipinski definition) is 4. The van der Waals surface area contributed by atoms with E-state index in [4.69, 9.17) is 0 Å². The third kappa shape index (κ3) is 4.98. The molecule has 6 nitrogen and oxygen atoms in total. The Morgan fingerprint density at radius 3 is 1.10 bits per heavy atom. The van der Waals surface area contributed by atoms with Gasteiger partial charge in [-0.3, -0.25) is 9.11 Å². The normalized spacial score (nSPS) is 17.8. The third-order valence-electron chi connectivity index (χ3n) is 4.00. The van der Waals surface area contributed by atoms with Gasteiger partial charge >= 0.3 is 0 Å². The van der Waals surface area contributed by atoms with Crippen molar-refractivity contribution in [2.24, 2.45) is 11.8 Å². The molecule has 2 atom stereocenters. The highest BCUT2D eigenvalue weighted by Crippen LogP contribution is 2.34. The average molecular weight is 330 g/mol. The van der Waals surface area contributed by atoms with E-state index in [1.807, 2.05) is 0 Å². The molecule has 8 heteroatoms. The second-order valence-electron chi connectivity index (χ2n) is 6.83. The van der Waals surface area contributed by atoms with Gasteiger partial charge in [-0.1, -0.05) is 13.8 Å². The monoisotopic (exact) mass is 330 g/mol. The highest BCUT2D eigenvalue weighted by molar-refractivity contribution is 7.87. The van der Waals surface area contributed by atoms with Crippen LogP contribution in [0.25, 0.3) is 0 Å². The van der Waals surface area contributed by atoms with Gasteiger partial charge < -0.3 is 0 Å². The zero-order valence-corrected chi connectivity index (χ0v) is 14.5. The molecule has 0 rings (SSSR count). The van der Waals surface area contributed by atoms with Crippen LogP contribution < -0.4 is 0 Å². The first-order valence-electron chi connectivity index (χ1n) is 6.45. The van der Waals surface area contributed by atoms with E-state index in [0.717, 1.165) is 0 Å².